The summed E-state index contributed by atoms with van der Waals surface area (Å²) in [6.45, 7) is 7.27. The van der Waals surface area contributed by atoms with Gasteiger partial charge in [0.15, 0.2) is 11.0 Å². The van der Waals surface area contributed by atoms with Crippen molar-refractivity contribution in [2.24, 2.45) is 0 Å². The van der Waals surface area contributed by atoms with Gasteiger partial charge in [0.2, 0.25) is 0 Å². The van der Waals surface area contributed by atoms with Crippen molar-refractivity contribution in [1.82, 2.24) is 4.57 Å². The van der Waals surface area contributed by atoms with E-state index in [1.807, 2.05) is 29.9 Å². The first-order valence-corrected chi connectivity index (χ1v) is 6.00. The monoisotopic (exact) mass is 257 g/mol. The minimum absolute atomic E-state index is 0.592. The third-order valence-electron chi connectivity index (χ3n) is 3.30. The molecule has 0 fully saturated rings. The molecule has 1 aromatic heterocycles. The van der Waals surface area contributed by atoms with Gasteiger partial charge in [-0.2, -0.15) is 13.2 Å². The van der Waals surface area contributed by atoms with E-state index in [2.05, 4.69) is 0 Å². The van der Waals surface area contributed by atoms with Crippen LogP contribution in [-0.4, -0.2) is 4.57 Å². The van der Waals surface area contributed by atoms with E-state index in [4.69, 9.17) is 0 Å². The van der Waals surface area contributed by atoms with Crippen LogP contribution < -0.4 is 4.57 Å². The van der Waals surface area contributed by atoms with Crippen molar-refractivity contribution in [3.8, 4) is 0 Å². The van der Waals surface area contributed by atoms with Gasteiger partial charge in [0, 0.05) is 13.0 Å². The van der Waals surface area contributed by atoms with Gasteiger partial charge in [-0.15, -0.1) is 0 Å². The molecular formula is C13H16F3N2+. The summed E-state index contributed by atoms with van der Waals surface area (Å²) in [4.78, 5) is 0. The Hall–Kier alpha value is -1.52. The van der Waals surface area contributed by atoms with E-state index in [1.165, 1.54) is 6.07 Å². The summed E-state index contributed by atoms with van der Waals surface area (Å²) < 4.78 is 42.1. The molecule has 0 N–H and O–H groups in total. The first kappa shape index (κ1) is 12.9. The van der Waals surface area contributed by atoms with Gasteiger partial charge in [-0.05, 0) is 26.0 Å². The van der Waals surface area contributed by atoms with E-state index in [9.17, 15) is 13.2 Å². The van der Waals surface area contributed by atoms with Crippen molar-refractivity contribution >= 4 is 11.0 Å². The average Bonchev–Trinajstić information content (AvgIpc) is 2.58. The normalized spacial score (nSPS) is 12.3. The maximum absolute atomic E-state index is 12.7. The number of halogens is 3. The van der Waals surface area contributed by atoms with Crippen molar-refractivity contribution in [3.63, 3.8) is 0 Å². The molecule has 2 aromatic rings. The third-order valence-corrected chi connectivity index (χ3v) is 3.30. The van der Waals surface area contributed by atoms with Crippen LogP contribution in [0.2, 0.25) is 0 Å². The molecule has 0 radical (unpaired) electrons. The topological polar surface area (TPSA) is 8.81 Å². The molecule has 2 rings (SSSR count). The molecule has 0 saturated carbocycles. The number of fused-ring (bicyclic) bond motifs is 1. The van der Waals surface area contributed by atoms with E-state index in [1.54, 1.807) is 6.07 Å². The lowest BCUT2D eigenvalue weighted by atomic mass is 10.2. The van der Waals surface area contributed by atoms with E-state index in [0.717, 1.165) is 24.0 Å². The highest BCUT2D eigenvalue weighted by molar-refractivity contribution is 5.73. The van der Waals surface area contributed by atoms with Crippen molar-refractivity contribution in [2.75, 3.05) is 0 Å². The van der Waals surface area contributed by atoms with Gasteiger partial charge >= 0.3 is 6.18 Å². The predicted molar refractivity (Wildman–Crippen MR) is 63.2 cm³/mol. The smallest absolute Gasteiger partial charge is 0.228 e. The summed E-state index contributed by atoms with van der Waals surface area (Å²) in [5.41, 5.74) is 0.905. The Kier molecular flexibility index (Phi) is 3.09. The third kappa shape index (κ3) is 1.87. The molecule has 1 heterocycles. The Morgan fingerprint density at radius 3 is 2.39 bits per heavy atom. The molecule has 0 saturated heterocycles. The van der Waals surface area contributed by atoms with Gasteiger partial charge in [-0.3, -0.25) is 0 Å². The van der Waals surface area contributed by atoms with Crippen LogP contribution in [0.4, 0.5) is 13.2 Å². The van der Waals surface area contributed by atoms with Gasteiger partial charge in [0.25, 0.3) is 5.82 Å². The summed E-state index contributed by atoms with van der Waals surface area (Å²) in [7, 11) is 0. The first-order chi connectivity index (χ1) is 8.40. The summed E-state index contributed by atoms with van der Waals surface area (Å²) >= 11 is 0. The van der Waals surface area contributed by atoms with Crippen LogP contribution in [0, 0.1) is 6.92 Å². The van der Waals surface area contributed by atoms with Gasteiger partial charge in [0.1, 0.15) is 0 Å². The Bertz CT molecular complexity index is 582. The lowest BCUT2D eigenvalue weighted by molar-refractivity contribution is -0.674. The van der Waals surface area contributed by atoms with Crippen LogP contribution in [0.15, 0.2) is 18.2 Å². The van der Waals surface area contributed by atoms with E-state index >= 15 is 0 Å². The molecule has 98 valence electrons. The maximum atomic E-state index is 12.7. The summed E-state index contributed by atoms with van der Waals surface area (Å²) in [6.07, 6.45) is -4.29. The van der Waals surface area contributed by atoms with Crippen LogP contribution in [0.3, 0.4) is 0 Å². The zero-order chi connectivity index (χ0) is 13.5. The molecule has 0 bridgehead atoms. The lowest BCUT2D eigenvalue weighted by Crippen LogP contribution is -2.35. The maximum Gasteiger partial charge on any atom is 0.416 e. The number of imidazole rings is 1. The number of alkyl halides is 3. The number of hydrogen-bond acceptors (Lipinski definition) is 0. The molecule has 0 spiro atoms. The number of benzene rings is 1. The first-order valence-electron chi connectivity index (χ1n) is 6.00. The van der Waals surface area contributed by atoms with Crippen molar-refractivity contribution < 1.29 is 17.7 Å². The van der Waals surface area contributed by atoms with Crippen LogP contribution in [0.1, 0.15) is 25.2 Å². The van der Waals surface area contributed by atoms with Crippen LogP contribution in [-0.2, 0) is 19.3 Å². The van der Waals surface area contributed by atoms with Crippen LogP contribution in [0.25, 0.3) is 11.0 Å². The molecule has 0 aliphatic heterocycles. The molecular weight excluding hydrogens is 241 g/mol. The van der Waals surface area contributed by atoms with Crippen LogP contribution >= 0.6 is 0 Å². The van der Waals surface area contributed by atoms with Crippen molar-refractivity contribution in [1.29, 1.82) is 0 Å². The highest BCUT2D eigenvalue weighted by atomic mass is 19.4. The molecule has 1 aromatic carbocycles. The van der Waals surface area contributed by atoms with E-state index in [0.29, 0.717) is 12.1 Å². The summed E-state index contributed by atoms with van der Waals surface area (Å²) in [5.74, 6) is 0.981. The van der Waals surface area contributed by atoms with Gasteiger partial charge in [0.05, 0.1) is 18.7 Å². The fourth-order valence-electron chi connectivity index (χ4n) is 2.44. The molecule has 0 atom stereocenters. The number of aryl methyl sites for hydroxylation is 2. The zero-order valence-electron chi connectivity index (χ0n) is 10.7. The van der Waals surface area contributed by atoms with E-state index < -0.39 is 11.7 Å². The predicted octanol–water partition coefficient (Wildman–Crippen LogP) is 3.30. The van der Waals surface area contributed by atoms with Crippen molar-refractivity contribution in [3.05, 3.63) is 29.6 Å². The molecule has 0 unspecified atom stereocenters. The fourth-order valence-corrected chi connectivity index (χ4v) is 2.44. The molecule has 5 heteroatoms. The van der Waals surface area contributed by atoms with E-state index in [-0.39, 0.29) is 0 Å². The number of rotatable bonds is 2. The molecule has 2 nitrogen and oxygen atoms in total. The Morgan fingerprint density at radius 2 is 1.89 bits per heavy atom. The Balaban J connectivity index is 2.77. The Labute approximate surface area is 104 Å². The minimum Gasteiger partial charge on any atom is -0.228 e. The molecule has 0 amide bonds. The van der Waals surface area contributed by atoms with Gasteiger partial charge in [-0.25, -0.2) is 9.13 Å². The minimum atomic E-state index is -4.29. The molecule has 0 aliphatic carbocycles. The highest BCUT2D eigenvalue weighted by Gasteiger charge is 2.32. The van der Waals surface area contributed by atoms with Crippen molar-refractivity contribution in [2.45, 2.75) is 40.0 Å². The number of aromatic nitrogens is 2. The SMILES string of the molecule is CCn1c(C)[n+](CC)c2ccc(C(F)(F)F)cc21. The van der Waals surface area contributed by atoms with Gasteiger partial charge in [-0.1, -0.05) is 0 Å². The quantitative estimate of drug-likeness (QED) is 0.730. The largest absolute Gasteiger partial charge is 0.416 e. The number of nitrogens with zero attached hydrogens (tertiary/aromatic N) is 2. The fraction of sp³-hybridized carbons (Fsp3) is 0.462. The molecule has 0 aliphatic rings. The Morgan fingerprint density at radius 1 is 1.22 bits per heavy atom. The second-order valence-corrected chi connectivity index (χ2v) is 4.24. The second-order valence-electron chi connectivity index (χ2n) is 4.24. The van der Waals surface area contributed by atoms with Crippen LogP contribution in [0.5, 0.6) is 0 Å². The summed E-state index contributed by atoms with van der Waals surface area (Å²) in [5, 5.41) is 0. The van der Waals surface area contributed by atoms with Gasteiger partial charge < -0.3 is 0 Å². The zero-order valence-corrected chi connectivity index (χ0v) is 10.7. The molecule has 18 heavy (non-hydrogen) atoms. The average molecular weight is 257 g/mol. The summed E-state index contributed by atoms with van der Waals surface area (Å²) in [6, 6.07) is 3.94. The standard InChI is InChI=1S/C13H16F3N2/c1-4-17-9(3)18(5-2)12-8-10(13(14,15)16)6-7-11(12)17/h6-8H,4-5H2,1-3H3/q+1. The highest BCUT2D eigenvalue weighted by Crippen LogP contribution is 2.31. The lowest BCUT2D eigenvalue weighted by Gasteiger charge is -2.05. The second kappa shape index (κ2) is 4.30. The number of hydrogen-bond donors (Lipinski definition) is 0.